The SMILES string of the molecule is CCN=C[C@]1(CBr)CCCC[C@@H]1C. The summed E-state index contributed by atoms with van der Waals surface area (Å²) in [5.74, 6) is 0.788. The summed E-state index contributed by atoms with van der Waals surface area (Å²) in [5.41, 5.74) is 0.355. The third kappa shape index (κ3) is 2.55. The highest BCUT2D eigenvalue weighted by molar-refractivity contribution is 9.09. The summed E-state index contributed by atoms with van der Waals surface area (Å²) in [6, 6.07) is 0. The fourth-order valence-corrected chi connectivity index (χ4v) is 3.11. The van der Waals surface area contributed by atoms with Crippen molar-refractivity contribution in [2.75, 3.05) is 11.9 Å². The Morgan fingerprint density at radius 3 is 2.85 bits per heavy atom. The van der Waals surface area contributed by atoms with E-state index in [0.717, 1.165) is 17.8 Å². The Kier molecular flexibility index (Phi) is 4.43. The molecule has 1 rings (SSSR count). The van der Waals surface area contributed by atoms with Gasteiger partial charge in [-0.1, -0.05) is 35.7 Å². The van der Waals surface area contributed by atoms with E-state index < -0.39 is 0 Å². The Balaban J connectivity index is 2.70. The number of rotatable bonds is 3. The van der Waals surface area contributed by atoms with Crippen molar-refractivity contribution < 1.29 is 0 Å². The van der Waals surface area contributed by atoms with Crippen LogP contribution in [0, 0.1) is 11.3 Å². The summed E-state index contributed by atoms with van der Waals surface area (Å²) in [6.07, 6.45) is 7.65. The minimum Gasteiger partial charge on any atom is -0.297 e. The lowest BCUT2D eigenvalue weighted by Crippen LogP contribution is -2.35. The Morgan fingerprint density at radius 1 is 1.54 bits per heavy atom. The van der Waals surface area contributed by atoms with Crippen molar-refractivity contribution in [3.8, 4) is 0 Å². The van der Waals surface area contributed by atoms with Crippen molar-refractivity contribution in [1.29, 1.82) is 0 Å². The van der Waals surface area contributed by atoms with Crippen molar-refractivity contribution >= 4 is 22.1 Å². The Hall–Kier alpha value is 0.150. The van der Waals surface area contributed by atoms with Crippen LogP contribution in [-0.4, -0.2) is 18.1 Å². The van der Waals surface area contributed by atoms with Gasteiger partial charge < -0.3 is 0 Å². The zero-order chi connectivity index (χ0) is 9.73. The highest BCUT2D eigenvalue weighted by atomic mass is 79.9. The lowest BCUT2D eigenvalue weighted by atomic mass is 9.69. The van der Waals surface area contributed by atoms with Crippen LogP contribution in [0.2, 0.25) is 0 Å². The molecule has 0 amide bonds. The van der Waals surface area contributed by atoms with Crippen LogP contribution < -0.4 is 0 Å². The first kappa shape index (κ1) is 11.2. The molecule has 1 saturated carbocycles. The standard InChI is InChI=1S/C11H20BrN/c1-3-13-9-11(8-12)7-5-4-6-10(11)2/h9-10H,3-8H2,1-2H3/t10-,11+/m0/s1. The second kappa shape index (κ2) is 5.14. The molecule has 0 unspecified atom stereocenters. The third-order valence-corrected chi connectivity index (χ3v) is 4.33. The quantitative estimate of drug-likeness (QED) is 0.532. The number of hydrogen-bond donors (Lipinski definition) is 0. The van der Waals surface area contributed by atoms with Crippen LogP contribution in [0.5, 0.6) is 0 Å². The normalized spacial score (nSPS) is 35.5. The van der Waals surface area contributed by atoms with E-state index in [1.165, 1.54) is 25.7 Å². The second-order valence-electron chi connectivity index (χ2n) is 4.14. The van der Waals surface area contributed by atoms with E-state index in [2.05, 4.69) is 41.0 Å². The predicted molar refractivity (Wildman–Crippen MR) is 62.9 cm³/mol. The Morgan fingerprint density at radius 2 is 2.31 bits per heavy atom. The number of halogens is 1. The van der Waals surface area contributed by atoms with Gasteiger partial charge in [-0.25, -0.2) is 0 Å². The van der Waals surface area contributed by atoms with Gasteiger partial charge in [0, 0.05) is 23.5 Å². The van der Waals surface area contributed by atoms with Gasteiger partial charge in [0.1, 0.15) is 0 Å². The van der Waals surface area contributed by atoms with E-state index in [1.807, 2.05) is 0 Å². The van der Waals surface area contributed by atoms with Gasteiger partial charge in [-0.05, 0) is 25.7 Å². The third-order valence-electron chi connectivity index (χ3n) is 3.29. The predicted octanol–water partition coefficient (Wildman–Crippen LogP) is 3.67. The zero-order valence-electron chi connectivity index (χ0n) is 8.72. The molecule has 0 aromatic rings. The molecule has 2 atom stereocenters. The van der Waals surface area contributed by atoms with Crippen molar-refractivity contribution in [3.63, 3.8) is 0 Å². The van der Waals surface area contributed by atoms with Gasteiger partial charge in [-0.2, -0.15) is 0 Å². The van der Waals surface area contributed by atoms with E-state index in [0.29, 0.717) is 5.41 Å². The smallest absolute Gasteiger partial charge is 0.0357 e. The van der Waals surface area contributed by atoms with E-state index in [9.17, 15) is 0 Å². The molecule has 0 saturated heterocycles. The van der Waals surface area contributed by atoms with Crippen LogP contribution in [-0.2, 0) is 0 Å². The van der Waals surface area contributed by atoms with Gasteiger partial charge in [0.2, 0.25) is 0 Å². The van der Waals surface area contributed by atoms with Crippen LogP contribution in [0.25, 0.3) is 0 Å². The van der Waals surface area contributed by atoms with Crippen LogP contribution in [0.4, 0.5) is 0 Å². The molecule has 76 valence electrons. The number of aliphatic imine (C=N–C) groups is 1. The summed E-state index contributed by atoms with van der Waals surface area (Å²) in [5, 5.41) is 1.07. The first-order valence-electron chi connectivity index (χ1n) is 5.32. The van der Waals surface area contributed by atoms with Crippen molar-refractivity contribution in [3.05, 3.63) is 0 Å². The molecule has 0 spiro atoms. The first-order chi connectivity index (χ1) is 6.25. The molecule has 0 N–H and O–H groups in total. The molecule has 2 heteroatoms. The topological polar surface area (TPSA) is 12.4 Å². The van der Waals surface area contributed by atoms with Gasteiger partial charge in [0.05, 0.1) is 0 Å². The molecule has 0 radical (unpaired) electrons. The zero-order valence-corrected chi connectivity index (χ0v) is 10.3. The largest absolute Gasteiger partial charge is 0.297 e. The molecular formula is C11H20BrN. The lowest BCUT2D eigenvalue weighted by molar-refractivity contribution is 0.225. The molecule has 0 aromatic heterocycles. The lowest BCUT2D eigenvalue weighted by Gasteiger charge is -2.38. The minimum atomic E-state index is 0.355. The molecule has 0 bridgehead atoms. The monoisotopic (exact) mass is 245 g/mol. The van der Waals surface area contributed by atoms with E-state index in [4.69, 9.17) is 0 Å². The summed E-state index contributed by atoms with van der Waals surface area (Å²) in [7, 11) is 0. The summed E-state index contributed by atoms with van der Waals surface area (Å²) < 4.78 is 0. The highest BCUT2D eigenvalue weighted by Gasteiger charge is 2.35. The van der Waals surface area contributed by atoms with Crippen LogP contribution in [0.1, 0.15) is 39.5 Å². The minimum absolute atomic E-state index is 0.355. The summed E-state index contributed by atoms with van der Waals surface area (Å²) in [4.78, 5) is 4.43. The van der Waals surface area contributed by atoms with Gasteiger partial charge in [0.25, 0.3) is 0 Å². The van der Waals surface area contributed by atoms with Gasteiger partial charge in [0.15, 0.2) is 0 Å². The molecule has 0 aliphatic heterocycles. The van der Waals surface area contributed by atoms with Crippen LogP contribution in [0.3, 0.4) is 0 Å². The highest BCUT2D eigenvalue weighted by Crippen LogP contribution is 2.41. The molecular weight excluding hydrogens is 226 g/mol. The Labute approximate surface area is 90.1 Å². The van der Waals surface area contributed by atoms with E-state index in [-0.39, 0.29) is 0 Å². The van der Waals surface area contributed by atoms with Crippen molar-refractivity contribution in [2.45, 2.75) is 39.5 Å². The first-order valence-corrected chi connectivity index (χ1v) is 6.44. The molecule has 1 fully saturated rings. The fraction of sp³-hybridized carbons (Fsp3) is 0.909. The second-order valence-corrected chi connectivity index (χ2v) is 4.70. The van der Waals surface area contributed by atoms with Crippen molar-refractivity contribution in [1.82, 2.24) is 0 Å². The molecule has 1 aliphatic rings. The van der Waals surface area contributed by atoms with Crippen LogP contribution >= 0.6 is 15.9 Å². The molecule has 1 nitrogen and oxygen atoms in total. The van der Waals surface area contributed by atoms with Gasteiger partial charge in [-0.3, -0.25) is 4.99 Å². The summed E-state index contributed by atoms with van der Waals surface area (Å²) in [6.45, 7) is 5.38. The van der Waals surface area contributed by atoms with E-state index >= 15 is 0 Å². The number of nitrogens with zero attached hydrogens (tertiary/aromatic N) is 1. The van der Waals surface area contributed by atoms with Gasteiger partial charge in [-0.15, -0.1) is 0 Å². The maximum atomic E-state index is 4.43. The molecule has 13 heavy (non-hydrogen) atoms. The average Bonchev–Trinajstić information content (AvgIpc) is 2.17. The fourth-order valence-electron chi connectivity index (χ4n) is 2.14. The Bertz CT molecular complexity index is 179. The maximum absolute atomic E-state index is 4.43. The van der Waals surface area contributed by atoms with Gasteiger partial charge >= 0.3 is 0 Å². The van der Waals surface area contributed by atoms with Crippen molar-refractivity contribution in [2.24, 2.45) is 16.3 Å². The number of alkyl halides is 1. The van der Waals surface area contributed by atoms with Crippen LogP contribution in [0.15, 0.2) is 4.99 Å². The number of hydrogen-bond acceptors (Lipinski definition) is 1. The average molecular weight is 246 g/mol. The van der Waals surface area contributed by atoms with E-state index in [1.54, 1.807) is 0 Å². The molecule has 0 heterocycles. The molecule has 1 aliphatic carbocycles. The summed E-state index contributed by atoms with van der Waals surface area (Å²) >= 11 is 3.65. The maximum Gasteiger partial charge on any atom is 0.0357 e. The molecule has 0 aromatic carbocycles.